The summed E-state index contributed by atoms with van der Waals surface area (Å²) in [7, 11) is 0. The van der Waals surface area contributed by atoms with Crippen LogP contribution in [0.15, 0.2) is 57.1 Å². The number of hydrogen-bond donors (Lipinski definition) is 1. The zero-order valence-corrected chi connectivity index (χ0v) is 12.8. The molecule has 0 aliphatic heterocycles. The number of nitrogens with one attached hydrogen (secondary N) is 1. The largest absolute Gasteiger partial charge is 0.458 e. The van der Waals surface area contributed by atoms with E-state index in [1.165, 1.54) is 12.3 Å². The zero-order chi connectivity index (χ0) is 17.1. The Bertz CT molecular complexity index is 948. The number of fused-ring (bicyclic) bond motifs is 1. The molecule has 3 rings (SSSR count). The predicted octanol–water partition coefficient (Wildman–Crippen LogP) is 3.39. The first-order valence-electron chi connectivity index (χ1n) is 7.03. The molecule has 6 nitrogen and oxygen atoms in total. The Labute approximate surface area is 136 Å². The summed E-state index contributed by atoms with van der Waals surface area (Å²) in [5, 5.41) is 3.08. The van der Waals surface area contributed by atoms with Crippen molar-refractivity contribution >= 4 is 35.2 Å². The molecule has 3 aromatic rings. The van der Waals surface area contributed by atoms with Gasteiger partial charge in [-0.05, 0) is 37.9 Å². The lowest BCUT2D eigenvalue weighted by molar-refractivity contribution is 0.0976. The maximum absolute atomic E-state index is 14.0. The van der Waals surface area contributed by atoms with Crippen LogP contribution in [0.1, 0.15) is 16.1 Å². The van der Waals surface area contributed by atoms with Gasteiger partial charge in [0.25, 0.3) is 5.91 Å². The molecule has 120 valence electrons. The van der Waals surface area contributed by atoms with Crippen LogP contribution in [-0.4, -0.2) is 23.6 Å². The Morgan fingerprint density at radius 3 is 2.92 bits per heavy atom. The van der Waals surface area contributed by atoms with Crippen LogP contribution in [0.4, 0.5) is 10.1 Å². The molecule has 7 heteroatoms. The van der Waals surface area contributed by atoms with Crippen molar-refractivity contribution < 1.29 is 13.6 Å². The van der Waals surface area contributed by atoms with E-state index in [0.29, 0.717) is 16.7 Å². The highest BCUT2D eigenvalue weighted by Gasteiger charge is 2.11. The molecule has 24 heavy (non-hydrogen) atoms. The third-order valence-corrected chi connectivity index (χ3v) is 3.21. The molecule has 1 N–H and O–H groups in total. The Hall–Kier alpha value is -3.35. The monoisotopic (exact) mass is 324 g/mol. The van der Waals surface area contributed by atoms with Gasteiger partial charge in [0.15, 0.2) is 11.4 Å². The Morgan fingerprint density at radius 2 is 2.21 bits per heavy atom. The topological polar surface area (TPSA) is 79.9 Å². The standard InChI is InChI=1S/C17H13FN4O2/c1-10-6-12-7-13(8-14(18)15(12)24-10)21-17(19-2)22-16(23)11-4-3-5-20-9-11/h3-9H,2H2,1H3,(H,21,22,23). The lowest BCUT2D eigenvalue weighted by atomic mass is 10.2. The van der Waals surface area contributed by atoms with Gasteiger partial charge in [0.2, 0.25) is 5.96 Å². The summed E-state index contributed by atoms with van der Waals surface area (Å²) >= 11 is 0. The number of amides is 1. The molecule has 0 fully saturated rings. The van der Waals surface area contributed by atoms with Gasteiger partial charge >= 0.3 is 0 Å². The number of guanidine groups is 1. The first kappa shape index (κ1) is 15.5. The molecular weight excluding hydrogens is 311 g/mol. The molecule has 0 bridgehead atoms. The molecule has 1 amide bonds. The quantitative estimate of drug-likeness (QED) is 0.579. The van der Waals surface area contributed by atoms with E-state index in [2.05, 4.69) is 27.0 Å². The SMILES string of the molecule is C=NC(=Nc1cc(F)c2oc(C)cc2c1)NC(=O)c1cccnc1. The lowest BCUT2D eigenvalue weighted by Gasteiger charge is -2.04. The van der Waals surface area contributed by atoms with Crippen molar-refractivity contribution in [1.29, 1.82) is 0 Å². The fourth-order valence-corrected chi connectivity index (χ4v) is 2.18. The van der Waals surface area contributed by atoms with E-state index in [4.69, 9.17) is 4.42 Å². The Kier molecular flexibility index (Phi) is 4.15. The molecule has 0 saturated carbocycles. The maximum atomic E-state index is 14.0. The highest BCUT2D eigenvalue weighted by atomic mass is 19.1. The van der Waals surface area contributed by atoms with Crippen molar-refractivity contribution in [1.82, 2.24) is 10.3 Å². The molecule has 0 atom stereocenters. The number of aliphatic imine (C=N–C) groups is 2. The van der Waals surface area contributed by atoms with Crippen LogP contribution in [-0.2, 0) is 0 Å². The molecule has 1 aromatic carbocycles. The van der Waals surface area contributed by atoms with Gasteiger partial charge in [-0.15, -0.1) is 0 Å². The number of aromatic nitrogens is 1. The molecular formula is C17H13FN4O2. The van der Waals surface area contributed by atoms with E-state index in [1.807, 2.05) is 0 Å². The van der Waals surface area contributed by atoms with Gasteiger partial charge in [-0.2, -0.15) is 0 Å². The number of rotatable bonds is 2. The van der Waals surface area contributed by atoms with E-state index in [0.717, 1.165) is 0 Å². The van der Waals surface area contributed by atoms with Crippen molar-refractivity contribution in [2.75, 3.05) is 0 Å². The third-order valence-electron chi connectivity index (χ3n) is 3.21. The molecule has 2 aromatic heterocycles. The lowest BCUT2D eigenvalue weighted by Crippen LogP contribution is -2.28. The van der Waals surface area contributed by atoms with Crippen LogP contribution in [0.25, 0.3) is 11.0 Å². The molecule has 0 unspecified atom stereocenters. The van der Waals surface area contributed by atoms with Crippen molar-refractivity contribution in [3.8, 4) is 0 Å². The number of carbonyl (C=O) groups excluding carboxylic acids is 1. The van der Waals surface area contributed by atoms with Crippen LogP contribution in [0.3, 0.4) is 0 Å². The zero-order valence-electron chi connectivity index (χ0n) is 12.8. The van der Waals surface area contributed by atoms with Crippen molar-refractivity contribution in [3.05, 3.63) is 59.9 Å². The molecule has 0 aliphatic carbocycles. The Morgan fingerprint density at radius 1 is 1.38 bits per heavy atom. The minimum absolute atomic E-state index is 0.0391. The number of carbonyl (C=O) groups is 1. The summed E-state index contributed by atoms with van der Waals surface area (Å²) in [5.74, 6) is -0.420. The van der Waals surface area contributed by atoms with Gasteiger partial charge in [0.05, 0.1) is 11.3 Å². The smallest absolute Gasteiger partial charge is 0.259 e. The highest BCUT2D eigenvalue weighted by molar-refractivity contribution is 6.07. The van der Waals surface area contributed by atoms with Crippen LogP contribution in [0, 0.1) is 12.7 Å². The summed E-state index contributed by atoms with van der Waals surface area (Å²) in [6.07, 6.45) is 2.97. The van der Waals surface area contributed by atoms with E-state index in [1.54, 1.807) is 37.4 Å². The number of hydrogen-bond acceptors (Lipinski definition) is 4. The van der Waals surface area contributed by atoms with E-state index < -0.39 is 11.7 Å². The minimum Gasteiger partial charge on any atom is -0.458 e. The predicted molar refractivity (Wildman–Crippen MR) is 89.3 cm³/mol. The molecule has 0 saturated heterocycles. The molecule has 0 aliphatic rings. The molecule has 0 spiro atoms. The summed E-state index contributed by atoms with van der Waals surface area (Å²) in [4.78, 5) is 23.7. The number of furan rings is 1. The second-order valence-electron chi connectivity index (χ2n) is 4.99. The van der Waals surface area contributed by atoms with Crippen LogP contribution in [0.5, 0.6) is 0 Å². The van der Waals surface area contributed by atoms with Crippen molar-refractivity contribution in [2.24, 2.45) is 9.98 Å². The normalized spacial score (nSPS) is 11.5. The number of nitrogens with zero attached hydrogens (tertiary/aromatic N) is 3. The second kappa shape index (κ2) is 6.41. The third kappa shape index (κ3) is 3.19. The van der Waals surface area contributed by atoms with Crippen LogP contribution in [0.2, 0.25) is 0 Å². The van der Waals surface area contributed by atoms with Crippen LogP contribution < -0.4 is 5.32 Å². The van der Waals surface area contributed by atoms with Gasteiger partial charge in [0, 0.05) is 23.8 Å². The van der Waals surface area contributed by atoms with Crippen LogP contribution >= 0.6 is 0 Å². The number of halogens is 1. The van der Waals surface area contributed by atoms with Gasteiger partial charge in [-0.25, -0.2) is 14.4 Å². The maximum Gasteiger partial charge on any atom is 0.259 e. The average Bonchev–Trinajstić information content (AvgIpc) is 2.96. The summed E-state index contributed by atoms with van der Waals surface area (Å²) in [6.45, 7) is 5.10. The Balaban J connectivity index is 1.90. The number of benzene rings is 1. The molecule has 0 radical (unpaired) electrons. The minimum atomic E-state index is -0.540. The fraction of sp³-hybridized carbons (Fsp3) is 0.0588. The van der Waals surface area contributed by atoms with Crippen molar-refractivity contribution in [3.63, 3.8) is 0 Å². The summed E-state index contributed by atoms with van der Waals surface area (Å²) in [6, 6.07) is 7.77. The van der Waals surface area contributed by atoms with Gasteiger partial charge in [-0.3, -0.25) is 15.1 Å². The number of pyridine rings is 1. The highest BCUT2D eigenvalue weighted by Crippen LogP contribution is 2.27. The first-order valence-corrected chi connectivity index (χ1v) is 7.03. The average molecular weight is 324 g/mol. The number of aryl methyl sites for hydroxylation is 1. The van der Waals surface area contributed by atoms with Gasteiger partial charge < -0.3 is 4.42 Å². The molecule has 2 heterocycles. The van der Waals surface area contributed by atoms with Gasteiger partial charge in [0.1, 0.15) is 5.76 Å². The summed E-state index contributed by atoms with van der Waals surface area (Å²) in [5.41, 5.74) is 0.801. The van der Waals surface area contributed by atoms with E-state index in [-0.39, 0.29) is 17.2 Å². The van der Waals surface area contributed by atoms with E-state index >= 15 is 0 Å². The van der Waals surface area contributed by atoms with Crippen molar-refractivity contribution in [2.45, 2.75) is 6.92 Å². The first-order chi connectivity index (χ1) is 11.6. The van der Waals surface area contributed by atoms with E-state index in [9.17, 15) is 9.18 Å². The fourth-order valence-electron chi connectivity index (χ4n) is 2.18. The summed E-state index contributed by atoms with van der Waals surface area (Å²) < 4.78 is 19.3. The second-order valence-corrected chi connectivity index (χ2v) is 4.99. The van der Waals surface area contributed by atoms with Gasteiger partial charge in [-0.1, -0.05) is 0 Å².